The minimum atomic E-state index is 0.864. The number of furan rings is 1. The van der Waals surface area contributed by atoms with Crippen LogP contribution in [0.25, 0.3) is 91.9 Å². The molecule has 4 heteroatoms. The first-order chi connectivity index (χ1) is 28.8. The zero-order chi connectivity index (χ0) is 38.2. The van der Waals surface area contributed by atoms with Crippen LogP contribution in [0.15, 0.2) is 211 Å². The maximum atomic E-state index is 6.55. The van der Waals surface area contributed by atoms with Gasteiger partial charge in [-0.1, -0.05) is 127 Å². The van der Waals surface area contributed by atoms with Crippen molar-refractivity contribution in [3.8, 4) is 27.9 Å². The van der Waals surface area contributed by atoms with Gasteiger partial charge < -0.3 is 13.9 Å². The van der Waals surface area contributed by atoms with Crippen molar-refractivity contribution in [2.75, 3.05) is 4.90 Å². The van der Waals surface area contributed by atoms with Crippen LogP contribution in [-0.4, -0.2) is 4.57 Å². The van der Waals surface area contributed by atoms with Crippen LogP contribution >= 0.6 is 11.3 Å². The Labute approximate surface area is 338 Å². The Morgan fingerprint density at radius 2 is 1.05 bits per heavy atom. The first-order valence-corrected chi connectivity index (χ1v) is 20.5. The summed E-state index contributed by atoms with van der Waals surface area (Å²) in [6.45, 7) is 0. The van der Waals surface area contributed by atoms with Crippen LogP contribution in [0.3, 0.4) is 0 Å². The number of benzene rings is 9. The second-order valence-corrected chi connectivity index (χ2v) is 16.0. The normalized spacial score (nSPS) is 11.8. The summed E-state index contributed by atoms with van der Waals surface area (Å²) >= 11 is 1.85. The third-order valence-corrected chi connectivity index (χ3v) is 12.7. The molecule has 0 aliphatic heterocycles. The highest BCUT2D eigenvalue weighted by Crippen LogP contribution is 2.49. The molecule has 0 aliphatic rings. The standard InChI is InChI=1S/C54H34N2OS/c1-4-15-35(16-5-1)37-31-45(36-17-6-2-7-18-36)54-46(32-37)53-47(23-14-24-48(53)56(54)38-19-8-3-9-20-38)55(39-27-29-42-41-21-10-12-25-49(41)57-50(42)33-39)40-28-30-44-43-22-11-13-26-51(43)58-52(44)34-40/h1-34H. The fourth-order valence-electron chi connectivity index (χ4n) is 8.98. The van der Waals surface area contributed by atoms with Gasteiger partial charge >= 0.3 is 0 Å². The Morgan fingerprint density at radius 3 is 1.86 bits per heavy atom. The lowest BCUT2D eigenvalue weighted by Crippen LogP contribution is -2.10. The molecule has 0 bridgehead atoms. The van der Waals surface area contributed by atoms with Gasteiger partial charge in [-0.3, -0.25) is 0 Å². The van der Waals surface area contributed by atoms with E-state index in [4.69, 9.17) is 4.42 Å². The van der Waals surface area contributed by atoms with E-state index in [0.29, 0.717) is 0 Å². The molecule has 0 atom stereocenters. The maximum absolute atomic E-state index is 6.55. The molecule has 0 saturated heterocycles. The molecule has 3 heterocycles. The van der Waals surface area contributed by atoms with E-state index in [-0.39, 0.29) is 0 Å². The molecule has 0 amide bonds. The predicted molar refractivity (Wildman–Crippen MR) is 247 cm³/mol. The zero-order valence-corrected chi connectivity index (χ0v) is 32.2. The van der Waals surface area contributed by atoms with Gasteiger partial charge in [-0.2, -0.15) is 0 Å². The van der Waals surface area contributed by atoms with Gasteiger partial charge in [0.2, 0.25) is 0 Å². The quantitative estimate of drug-likeness (QED) is 0.168. The van der Waals surface area contributed by atoms with Gasteiger partial charge in [-0.05, 0) is 89.5 Å². The van der Waals surface area contributed by atoms with Gasteiger partial charge in [0.15, 0.2) is 0 Å². The molecular formula is C54H34N2OS. The molecule has 0 unspecified atom stereocenters. The van der Waals surface area contributed by atoms with Crippen molar-refractivity contribution in [3.05, 3.63) is 206 Å². The van der Waals surface area contributed by atoms with Crippen molar-refractivity contribution in [2.24, 2.45) is 0 Å². The molecule has 0 saturated carbocycles. The zero-order valence-electron chi connectivity index (χ0n) is 31.3. The Hall–Kier alpha value is -7.40. The average Bonchev–Trinajstić information content (AvgIpc) is 3.96. The highest BCUT2D eigenvalue weighted by molar-refractivity contribution is 7.25. The van der Waals surface area contributed by atoms with Crippen molar-refractivity contribution in [1.29, 1.82) is 0 Å². The van der Waals surface area contributed by atoms with E-state index in [2.05, 4.69) is 210 Å². The van der Waals surface area contributed by atoms with Crippen molar-refractivity contribution in [1.82, 2.24) is 4.57 Å². The van der Waals surface area contributed by atoms with Gasteiger partial charge in [-0.25, -0.2) is 0 Å². The van der Waals surface area contributed by atoms with Crippen LogP contribution in [0.4, 0.5) is 17.1 Å². The van der Waals surface area contributed by atoms with E-state index in [1.165, 1.54) is 58.7 Å². The second-order valence-electron chi connectivity index (χ2n) is 14.9. The topological polar surface area (TPSA) is 21.3 Å². The van der Waals surface area contributed by atoms with Crippen LogP contribution < -0.4 is 4.90 Å². The van der Waals surface area contributed by atoms with Crippen molar-refractivity contribution in [2.45, 2.75) is 0 Å². The van der Waals surface area contributed by atoms with Gasteiger partial charge in [0.1, 0.15) is 11.2 Å². The number of para-hydroxylation sites is 2. The van der Waals surface area contributed by atoms with Gasteiger partial charge in [-0.15, -0.1) is 11.3 Å². The lowest BCUT2D eigenvalue weighted by molar-refractivity contribution is 0.669. The molecule has 3 aromatic heterocycles. The molecule has 0 spiro atoms. The molecular weight excluding hydrogens is 725 g/mol. The van der Waals surface area contributed by atoms with Crippen LogP contribution in [0.2, 0.25) is 0 Å². The Morgan fingerprint density at radius 1 is 0.414 bits per heavy atom. The van der Waals surface area contributed by atoms with Crippen LogP contribution in [0, 0.1) is 0 Å². The number of fused-ring (bicyclic) bond motifs is 9. The molecule has 0 radical (unpaired) electrons. The number of aromatic nitrogens is 1. The van der Waals surface area contributed by atoms with E-state index in [9.17, 15) is 0 Å². The number of anilines is 3. The van der Waals surface area contributed by atoms with E-state index in [1.54, 1.807) is 0 Å². The Kier molecular flexibility index (Phi) is 7.40. The second kappa shape index (κ2) is 13.1. The molecule has 0 fully saturated rings. The molecule has 9 aromatic carbocycles. The molecule has 58 heavy (non-hydrogen) atoms. The number of hydrogen-bond acceptors (Lipinski definition) is 3. The number of hydrogen-bond donors (Lipinski definition) is 0. The van der Waals surface area contributed by atoms with E-state index in [0.717, 1.165) is 50.2 Å². The monoisotopic (exact) mass is 758 g/mol. The number of nitrogens with zero attached hydrogens (tertiary/aromatic N) is 2. The molecule has 0 aliphatic carbocycles. The third kappa shape index (κ3) is 5.12. The maximum Gasteiger partial charge on any atom is 0.137 e. The molecule has 12 aromatic rings. The smallest absolute Gasteiger partial charge is 0.137 e. The number of rotatable bonds is 6. The summed E-state index contributed by atoms with van der Waals surface area (Å²) in [6.07, 6.45) is 0. The van der Waals surface area contributed by atoms with E-state index < -0.39 is 0 Å². The Bertz CT molecular complexity index is 3390. The molecule has 0 N–H and O–H groups in total. The third-order valence-electron chi connectivity index (χ3n) is 11.6. The fraction of sp³-hybridized carbons (Fsp3) is 0. The van der Waals surface area contributed by atoms with E-state index in [1.807, 2.05) is 17.4 Å². The summed E-state index contributed by atoms with van der Waals surface area (Å²) in [5.74, 6) is 0. The van der Waals surface area contributed by atoms with Crippen LogP contribution in [0.5, 0.6) is 0 Å². The van der Waals surface area contributed by atoms with Crippen molar-refractivity contribution in [3.63, 3.8) is 0 Å². The SMILES string of the molecule is c1ccc(-c2cc(-c3ccccc3)c3c(c2)c2c(N(c4ccc5c(c4)oc4ccccc45)c4ccc5c(c4)sc4ccccc45)cccc2n3-c2ccccc2)cc1. The molecule has 3 nitrogen and oxygen atoms in total. The van der Waals surface area contributed by atoms with Gasteiger partial charge in [0.25, 0.3) is 0 Å². The largest absolute Gasteiger partial charge is 0.456 e. The highest BCUT2D eigenvalue weighted by atomic mass is 32.1. The van der Waals surface area contributed by atoms with Crippen molar-refractivity contribution < 1.29 is 4.42 Å². The Balaban J connectivity index is 1.21. The highest BCUT2D eigenvalue weighted by Gasteiger charge is 2.25. The van der Waals surface area contributed by atoms with E-state index >= 15 is 0 Å². The summed E-state index contributed by atoms with van der Waals surface area (Å²) < 4.78 is 11.6. The van der Waals surface area contributed by atoms with Gasteiger partial charge in [0.05, 0.1) is 16.7 Å². The molecule has 272 valence electrons. The first kappa shape index (κ1) is 32.8. The average molecular weight is 759 g/mol. The lowest BCUT2D eigenvalue weighted by atomic mass is 9.95. The first-order valence-electron chi connectivity index (χ1n) is 19.7. The predicted octanol–water partition coefficient (Wildman–Crippen LogP) is 15.9. The summed E-state index contributed by atoms with van der Waals surface area (Å²) in [5, 5.41) is 7.16. The summed E-state index contributed by atoms with van der Waals surface area (Å²) in [5.41, 5.74) is 13.1. The number of thiophene rings is 1. The van der Waals surface area contributed by atoms with Crippen molar-refractivity contribution >= 4 is 92.3 Å². The van der Waals surface area contributed by atoms with Crippen LogP contribution in [-0.2, 0) is 0 Å². The minimum Gasteiger partial charge on any atom is -0.456 e. The fourth-order valence-corrected chi connectivity index (χ4v) is 10.1. The minimum absolute atomic E-state index is 0.864. The van der Waals surface area contributed by atoms with Crippen LogP contribution in [0.1, 0.15) is 0 Å². The summed E-state index contributed by atoms with van der Waals surface area (Å²) in [6, 6.07) is 74.6. The summed E-state index contributed by atoms with van der Waals surface area (Å²) in [7, 11) is 0. The molecule has 12 rings (SSSR count). The van der Waals surface area contributed by atoms with Gasteiger partial charge in [0, 0.05) is 70.4 Å². The lowest BCUT2D eigenvalue weighted by Gasteiger charge is -2.26. The summed E-state index contributed by atoms with van der Waals surface area (Å²) in [4.78, 5) is 2.44.